The quantitative estimate of drug-likeness (QED) is 0.435. The molecule has 0 aromatic rings. The van der Waals surface area contributed by atoms with E-state index in [9.17, 15) is 13.6 Å². The van der Waals surface area contributed by atoms with E-state index >= 15 is 0 Å². The van der Waals surface area contributed by atoms with Crippen molar-refractivity contribution in [3.63, 3.8) is 0 Å². The first-order chi connectivity index (χ1) is 8.24. The first kappa shape index (κ1) is 14.5. The molecule has 0 radical (unpaired) electrons. The van der Waals surface area contributed by atoms with Crippen LogP contribution in [0.1, 0.15) is 27.2 Å². The number of carbonyl (C=O) groups excluding carboxylic acids is 1. The highest BCUT2D eigenvalue weighted by atomic mass is 19.3. The van der Waals surface area contributed by atoms with Gasteiger partial charge in [-0.2, -0.15) is 0 Å². The van der Waals surface area contributed by atoms with Crippen molar-refractivity contribution < 1.29 is 18.3 Å². The number of nitrogens with zero attached hydrogens (tertiary/aromatic N) is 4. The molecule has 0 bridgehead atoms. The molecule has 0 N–H and O–H groups in total. The topological polar surface area (TPSA) is 78.3 Å². The van der Waals surface area contributed by atoms with Gasteiger partial charge in [-0.25, -0.2) is 13.6 Å². The molecule has 0 aliphatic carbocycles. The minimum atomic E-state index is -2.68. The number of likely N-dealkylation sites (tertiary alicyclic amines) is 1. The Kier molecular flexibility index (Phi) is 4.34. The van der Waals surface area contributed by atoms with Crippen LogP contribution in [0.15, 0.2) is 5.11 Å². The van der Waals surface area contributed by atoms with Gasteiger partial charge in [0.2, 0.25) is 0 Å². The molecule has 1 fully saturated rings. The van der Waals surface area contributed by atoms with Crippen molar-refractivity contribution in [3.8, 4) is 0 Å². The van der Waals surface area contributed by atoms with E-state index in [0.717, 1.165) is 4.90 Å². The molecule has 1 aliphatic rings. The molecule has 0 aromatic carbocycles. The molecule has 1 amide bonds. The van der Waals surface area contributed by atoms with E-state index in [1.807, 2.05) is 0 Å². The maximum Gasteiger partial charge on any atom is 0.410 e. The minimum Gasteiger partial charge on any atom is -0.444 e. The zero-order valence-electron chi connectivity index (χ0n) is 10.5. The number of alkyl halides is 2. The smallest absolute Gasteiger partial charge is 0.410 e. The van der Waals surface area contributed by atoms with Gasteiger partial charge in [-0.1, -0.05) is 5.11 Å². The van der Waals surface area contributed by atoms with E-state index in [0.29, 0.717) is 0 Å². The molecule has 1 aliphatic heterocycles. The fourth-order valence-electron chi connectivity index (χ4n) is 1.77. The number of amides is 1. The lowest BCUT2D eigenvalue weighted by molar-refractivity contribution is -0.00228. The van der Waals surface area contributed by atoms with Crippen LogP contribution in [0, 0.1) is 0 Å². The van der Waals surface area contributed by atoms with Crippen LogP contribution in [-0.4, -0.2) is 41.6 Å². The summed E-state index contributed by atoms with van der Waals surface area (Å²) in [7, 11) is 0. The average Bonchev–Trinajstić information content (AvgIpc) is 2.59. The lowest BCUT2D eigenvalue weighted by Crippen LogP contribution is -2.43. The van der Waals surface area contributed by atoms with Gasteiger partial charge in [0.25, 0.3) is 6.43 Å². The first-order valence-corrected chi connectivity index (χ1v) is 5.56. The fraction of sp³-hybridized carbons (Fsp3) is 0.900. The maximum atomic E-state index is 12.8. The molecule has 102 valence electrons. The number of azide groups is 1. The summed E-state index contributed by atoms with van der Waals surface area (Å²) < 4.78 is 30.7. The highest BCUT2D eigenvalue weighted by Gasteiger charge is 2.41. The summed E-state index contributed by atoms with van der Waals surface area (Å²) in [6, 6.07) is -1.88. The second-order valence-corrected chi connectivity index (χ2v) is 5.13. The maximum absolute atomic E-state index is 12.8. The Morgan fingerprint density at radius 2 is 2.17 bits per heavy atom. The second-order valence-electron chi connectivity index (χ2n) is 5.13. The highest BCUT2D eigenvalue weighted by molar-refractivity contribution is 5.69. The largest absolute Gasteiger partial charge is 0.444 e. The minimum absolute atomic E-state index is 0.0337. The summed E-state index contributed by atoms with van der Waals surface area (Å²) in [5.41, 5.74) is 7.55. The first-order valence-electron chi connectivity index (χ1n) is 5.56. The molecule has 2 atom stereocenters. The third kappa shape index (κ3) is 3.73. The third-order valence-electron chi connectivity index (χ3n) is 2.46. The van der Waals surface area contributed by atoms with E-state index < -0.39 is 30.2 Å². The Hall–Kier alpha value is -1.56. The van der Waals surface area contributed by atoms with Crippen LogP contribution in [0.2, 0.25) is 0 Å². The van der Waals surface area contributed by atoms with Gasteiger partial charge in [0.15, 0.2) is 0 Å². The summed E-state index contributed by atoms with van der Waals surface area (Å²) in [6.07, 6.45) is -3.53. The molecular formula is C10H16F2N4O2. The predicted molar refractivity (Wildman–Crippen MR) is 60.3 cm³/mol. The normalized spacial score (nSPS) is 24.0. The lowest BCUT2D eigenvalue weighted by Gasteiger charge is -2.28. The SMILES string of the molecule is CC(C)(C)OC(=O)N1CC(N=[N+]=[N-])C[C@H]1C(F)F. The van der Waals surface area contributed by atoms with Gasteiger partial charge in [0.1, 0.15) is 5.60 Å². The molecule has 0 spiro atoms. The molecule has 0 aromatic heterocycles. The molecule has 6 nitrogen and oxygen atoms in total. The van der Waals surface area contributed by atoms with Crippen molar-refractivity contribution >= 4 is 6.09 Å². The van der Waals surface area contributed by atoms with Crippen molar-refractivity contribution in [2.75, 3.05) is 6.54 Å². The van der Waals surface area contributed by atoms with E-state index in [2.05, 4.69) is 10.0 Å². The third-order valence-corrected chi connectivity index (χ3v) is 2.46. The van der Waals surface area contributed by atoms with Crippen LogP contribution in [-0.2, 0) is 4.74 Å². The predicted octanol–water partition coefficient (Wildman–Crippen LogP) is 2.94. The van der Waals surface area contributed by atoms with Crippen molar-refractivity contribution in [2.24, 2.45) is 5.11 Å². The number of carbonyl (C=O) groups is 1. The number of ether oxygens (including phenoxy) is 1. The Morgan fingerprint density at radius 3 is 2.61 bits per heavy atom. The van der Waals surface area contributed by atoms with Gasteiger partial charge >= 0.3 is 6.09 Å². The lowest BCUT2D eigenvalue weighted by atomic mass is 10.2. The Labute approximate surface area is 104 Å². The highest BCUT2D eigenvalue weighted by Crippen LogP contribution is 2.27. The molecule has 1 unspecified atom stereocenters. The van der Waals surface area contributed by atoms with E-state index in [-0.39, 0.29) is 13.0 Å². The summed E-state index contributed by atoms with van der Waals surface area (Å²) in [5.74, 6) is 0. The zero-order chi connectivity index (χ0) is 13.9. The van der Waals surface area contributed by atoms with Crippen LogP contribution < -0.4 is 0 Å². The van der Waals surface area contributed by atoms with Crippen molar-refractivity contribution in [2.45, 2.75) is 51.3 Å². The summed E-state index contributed by atoms with van der Waals surface area (Å²) in [6.45, 7) is 4.93. The Bertz CT molecular complexity index is 363. The zero-order valence-corrected chi connectivity index (χ0v) is 10.5. The molecule has 18 heavy (non-hydrogen) atoms. The van der Waals surface area contributed by atoms with E-state index in [1.54, 1.807) is 20.8 Å². The summed E-state index contributed by atoms with van der Waals surface area (Å²) >= 11 is 0. The van der Waals surface area contributed by atoms with Gasteiger partial charge in [0.05, 0.1) is 12.1 Å². The van der Waals surface area contributed by atoms with Crippen LogP contribution in [0.3, 0.4) is 0 Å². The molecule has 1 heterocycles. The van der Waals surface area contributed by atoms with E-state index in [1.165, 1.54) is 0 Å². The molecule has 1 rings (SSSR count). The van der Waals surface area contributed by atoms with Gasteiger partial charge in [0, 0.05) is 11.5 Å². The molecule has 1 saturated heterocycles. The Morgan fingerprint density at radius 1 is 1.56 bits per heavy atom. The molecule has 8 heteroatoms. The van der Waals surface area contributed by atoms with Crippen molar-refractivity contribution in [1.29, 1.82) is 0 Å². The van der Waals surface area contributed by atoms with Gasteiger partial charge < -0.3 is 4.74 Å². The number of rotatable bonds is 2. The van der Waals surface area contributed by atoms with E-state index in [4.69, 9.17) is 10.3 Å². The van der Waals surface area contributed by atoms with Crippen molar-refractivity contribution in [3.05, 3.63) is 10.4 Å². The van der Waals surface area contributed by atoms with Gasteiger partial charge in [-0.3, -0.25) is 4.90 Å². The molecular weight excluding hydrogens is 246 g/mol. The summed E-state index contributed by atoms with van der Waals surface area (Å²) in [5, 5.41) is 3.38. The number of hydrogen-bond donors (Lipinski definition) is 0. The van der Waals surface area contributed by atoms with Crippen LogP contribution in [0.25, 0.3) is 10.4 Å². The van der Waals surface area contributed by atoms with Crippen LogP contribution >= 0.6 is 0 Å². The van der Waals surface area contributed by atoms with Crippen LogP contribution in [0.4, 0.5) is 13.6 Å². The van der Waals surface area contributed by atoms with Gasteiger partial charge in [-0.15, -0.1) is 0 Å². The Balaban J connectivity index is 2.78. The van der Waals surface area contributed by atoms with Gasteiger partial charge in [-0.05, 0) is 32.7 Å². The number of halogens is 2. The second kappa shape index (κ2) is 5.39. The molecule has 0 saturated carbocycles. The number of hydrogen-bond acceptors (Lipinski definition) is 3. The average molecular weight is 262 g/mol. The fourth-order valence-corrected chi connectivity index (χ4v) is 1.77. The monoisotopic (exact) mass is 262 g/mol. The summed E-state index contributed by atoms with van der Waals surface area (Å²) in [4.78, 5) is 15.3. The van der Waals surface area contributed by atoms with Crippen LogP contribution in [0.5, 0.6) is 0 Å². The van der Waals surface area contributed by atoms with Crippen molar-refractivity contribution in [1.82, 2.24) is 4.90 Å². The standard InChI is InChI=1S/C10H16F2N4O2/c1-10(2,3)18-9(17)16-5-6(14-15-13)4-7(16)8(11)12/h6-8H,4-5H2,1-3H3/t6?,7-/m0/s1.